The minimum Gasteiger partial charge on any atom is -0.422 e. The third-order valence-corrected chi connectivity index (χ3v) is 14.3. The highest BCUT2D eigenvalue weighted by Gasteiger charge is 2.20. The van der Waals surface area contributed by atoms with Crippen LogP contribution in [0.1, 0.15) is 90.4 Å². The van der Waals surface area contributed by atoms with Crippen molar-refractivity contribution >= 4 is 101 Å². The Morgan fingerprint density at radius 2 is 0.926 bits per heavy atom. The van der Waals surface area contributed by atoms with Crippen molar-refractivity contribution < 1.29 is 18.0 Å². The van der Waals surface area contributed by atoms with Gasteiger partial charge in [0.05, 0.1) is 24.2 Å². The van der Waals surface area contributed by atoms with E-state index in [1.54, 1.807) is 22.7 Å². The minimum atomic E-state index is -0.331. The molecule has 0 radical (unpaired) electrons. The van der Waals surface area contributed by atoms with Crippen molar-refractivity contribution in [2.45, 2.75) is 82.3 Å². The fourth-order valence-corrected chi connectivity index (χ4v) is 10.7. The van der Waals surface area contributed by atoms with E-state index < -0.39 is 0 Å². The predicted molar refractivity (Wildman–Crippen MR) is 294 cm³/mol. The van der Waals surface area contributed by atoms with Crippen LogP contribution in [-0.2, 0) is 13.1 Å². The first-order valence-corrected chi connectivity index (χ1v) is 24.8. The molecule has 68 heavy (non-hydrogen) atoms. The van der Waals surface area contributed by atoms with E-state index in [-0.39, 0.29) is 33.5 Å². The van der Waals surface area contributed by atoms with E-state index in [1.807, 2.05) is 60.7 Å². The van der Waals surface area contributed by atoms with E-state index in [4.69, 9.17) is 8.83 Å². The Morgan fingerprint density at radius 1 is 0.515 bits per heavy atom. The summed E-state index contributed by atoms with van der Waals surface area (Å²) in [7, 11) is 0. The molecular weight excluding hydrogens is 885 g/mol. The fourth-order valence-electron chi connectivity index (χ4n) is 8.48. The van der Waals surface area contributed by atoms with Crippen LogP contribution in [0.5, 0.6) is 0 Å². The molecule has 2 N–H and O–H groups in total. The number of benzene rings is 4. The topological polar surface area (TPSA) is 98.7 Å². The third-order valence-electron chi connectivity index (χ3n) is 12.1. The van der Waals surface area contributed by atoms with Crippen molar-refractivity contribution in [3.8, 4) is 0 Å². The molecule has 4 aromatic heterocycles. The first-order chi connectivity index (χ1) is 31.9. The summed E-state index contributed by atoms with van der Waals surface area (Å²) < 4.78 is 18.7. The smallest absolute Gasteiger partial charge is 0.343 e. The molecule has 0 aliphatic carbocycles. The van der Waals surface area contributed by atoms with Crippen LogP contribution < -0.4 is 40.8 Å². The zero-order valence-electron chi connectivity index (χ0n) is 38.0. The largest absolute Gasteiger partial charge is 0.422 e. The molecule has 10 nitrogen and oxygen atoms in total. The summed E-state index contributed by atoms with van der Waals surface area (Å²) >= 11 is 3.46. The van der Waals surface area contributed by atoms with E-state index in [2.05, 4.69) is 118 Å². The summed E-state index contributed by atoms with van der Waals surface area (Å²) in [6.45, 7) is 17.3. The molecule has 0 unspecified atom stereocenters. The van der Waals surface area contributed by atoms with E-state index >= 15 is 0 Å². The summed E-state index contributed by atoms with van der Waals surface area (Å²) in [5.41, 5.74) is 6.14. The molecule has 8 rings (SSSR count). The molecule has 0 bridgehead atoms. The quantitative estimate of drug-likeness (QED) is 0.0394. The van der Waals surface area contributed by atoms with Gasteiger partial charge in [0.25, 0.3) is 10.0 Å². The van der Waals surface area contributed by atoms with Gasteiger partial charge in [0.1, 0.15) is 20.6 Å². The molecular formula is C56H72N6O4S2+2. The lowest BCUT2D eigenvalue weighted by Crippen LogP contribution is -2.40. The highest BCUT2D eigenvalue weighted by Crippen LogP contribution is 2.26. The molecule has 4 heterocycles. The summed E-state index contributed by atoms with van der Waals surface area (Å²) in [5.74, 6) is 0. The predicted octanol–water partition coefficient (Wildman–Crippen LogP) is 11.9. The van der Waals surface area contributed by atoms with E-state index in [1.165, 1.54) is 20.4 Å². The van der Waals surface area contributed by atoms with Gasteiger partial charge in [0.15, 0.2) is 13.1 Å². The van der Waals surface area contributed by atoms with Gasteiger partial charge in [0.2, 0.25) is 11.0 Å². The number of hydrogen-bond donors (Lipinski definition) is 2. The van der Waals surface area contributed by atoms with Gasteiger partial charge in [-0.3, -0.25) is 0 Å². The number of fused-ring (bicyclic) bond motifs is 4. The molecule has 8 aromatic rings. The Kier molecular flexibility index (Phi) is 19.8. The average Bonchev–Trinajstić information content (AvgIpc) is 3.87. The summed E-state index contributed by atoms with van der Waals surface area (Å²) in [6, 6.07) is 33.0. The van der Waals surface area contributed by atoms with Crippen molar-refractivity contribution in [1.82, 2.24) is 10.6 Å². The number of rotatable bonds is 22. The van der Waals surface area contributed by atoms with Crippen LogP contribution >= 0.6 is 22.7 Å². The maximum absolute atomic E-state index is 13.1. The molecule has 0 fully saturated rings. The van der Waals surface area contributed by atoms with Crippen LogP contribution in [0.2, 0.25) is 0 Å². The Hall–Kier alpha value is -5.92. The maximum Gasteiger partial charge on any atom is 0.343 e. The normalized spacial score (nSPS) is 11.5. The van der Waals surface area contributed by atoms with Crippen LogP contribution in [0.3, 0.4) is 0 Å². The molecule has 0 aliphatic heterocycles. The van der Waals surface area contributed by atoms with Gasteiger partial charge < -0.3 is 29.3 Å². The number of hydrogen-bond acceptors (Lipinski definition) is 10. The summed E-state index contributed by atoms with van der Waals surface area (Å²) in [5, 5.41) is 11.3. The van der Waals surface area contributed by atoms with Gasteiger partial charge in [0, 0.05) is 84.7 Å². The lowest BCUT2D eigenvalue weighted by atomic mass is 10.1. The van der Waals surface area contributed by atoms with Crippen molar-refractivity contribution in [3.05, 3.63) is 139 Å². The van der Waals surface area contributed by atoms with Crippen LogP contribution in [0.4, 0.5) is 11.4 Å². The van der Waals surface area contributed by atoms with Gasteiger partial charge in [-0.25, -0.2) is 9.59 Å². The highest BCUT2D eigenvalue weighted by molar-refractivity contribution is 7.19. The second kappa shape index (κ2) is 25.4. The molecule has 0 amide bonds. The van der Waals surface area contributed by atoms with E-state index in [0.717, 1.165) is 117 Å². The molecule has 0 atom stereocenters. The molecule has 0 saturated heterocycles. The van der Waals surface area contributed by atoms with Crippen LogP contribution in [0.25, 0.3) is 66.7 Å². The van der Waals surface area contributed by atoms with Gasteiger partial charge in [-0.05, 0) is 114 Å². The van der Waals surface area contributed by atoms with Crippen LogP contribution in [0, 0.1) is 0 Å². The Labute approximate surface area is 410 Å². The fraction of sp³-hybridized carbons (Fsp3) is 0.357. The monoisotopic (exact) mass is 957 g/mol. The van der Waals surface area contributed by atoms with E-state index in [9.17, 15) is 9.59 Å². The van der Waals surface area contributed by atoms with Crippen molar-refractivity contribution in [2.75, 3.05) is 62.2 Å². The van der Waals surface area contributed by atoms with Crippen LogP contribution in [-0.4, -0.2) is 52.4 Å². The van der Waals surface area contributed by atoms with Crippen LogP contribution in [0.15, 0.2) is 115 Å². The zero-order chi connectivity index (χ0) is 45.1. The second-order valence-corrected chi connectivity index (χ2v) is 18.2. The number of nitrogens with one attached hydrogen (secondary N) is 2. The molecule has 0 aliphatic rings. The summed E-state index contributed by atoms with van der Waals surface area (Å²) in [4.78, 5) is 30.6. The average molecular weight is 957 g/mol. The molecule has 4 aromatic carbocycles. The standard InChI is InChI=1S/C53H60N6O4S2.3CH4/c1-5-56(6-2)42-24-20-38-34-40(52(60)62-46(38)36-42)22-26-50-58(44-16-10-12-18-48(44)64-50)32-30-54-28-14-9-15-29-55-31-33-59-45-17-11-13-19-49(45)65-51(59)27-23-41-35-39-21-25-43(57(7-3)8-4)37-47(39)63-53(41)61;;;/h10-13,16-27,34-37,54-55H,5-9,14-15,28-33H2,1-4H3;3*1H4/q+2;;;. The lowest BCUT2D eigenvalue weighted by Gasteiger charge is -2.20. The molecule has 360 valence electrons. The van der Waals surface area contributed by atoms with Crippen molar-refractivity contribution in [3.63, 3.8) is 0 Å². The number of thiazole rings is 2. The van der Waals surface area contributed by atoms with E-state index in [0.29, 0.717) is 22.3 Å². The summed E-state index contributed by atoms with van der Waals surface area (Å²) in [6.07, 6.45) is 11.2. The molecule has 12 heteroatoms. The van der Waals surface area contributed by atoms with Gasteiger partial charge >= 0.3 is 11.3 Å². The van der Waals surface area contributed by atoms with Gasteiger partial charge in [-0.2, -0.15) is 9.13 Å². The molecule has 0 spiro atoms. The number of nitrogens with zero attached hydrogens (tertiary/aromatic N) is 4. The SMILES string of the molecule is C.C.C.CCN(CC)c1ccc2cc(/C=C/c3sc4ccccc4[n+]3CCNCCCCCNCC[n+]3c(/C=C/c4cc5ccc(N(CC)CC)cc5oc4=O)sc4ccccc43)c(=O)oc2c1. The minimum absolute atomic E-state index is 0. The zero-order valence-corrected chi connectivity index (χ0v) is 39.6. The third kappa shape index (κ3) is 12.4. The molecule has 0 saturated carbocycles. The number of para-hydroxylation sites is 2. The maximum atomic E-state index is 13.1. The van der Waals surface area contributed by atoms with Gasteiger partial charge in [-0.1, -0.05) is 75.6 Å². The van der Waals surface area contributed by atoms with Crippen molar-refractivity contribution in [1.29, 1.82) is 0 Å². The Bertz CT molecular complexity index is 2860. The Morgan fingerprint density at radius 3 is 1.34 bits per heavy atom. The lowest BCUT2D eigenvalue weighted by molar-refractivity contribution is -0.666. The first-order valence-electron chi connectivity index (χ1n) is 23.1. The Balaban J connectivity index is 0.00000288. The second-order valence-electron chi connectivity index (χ2n) is 16.1. The number of unbranched alkanes of at least 4 members (excludes halogenated alkanes) is 2. The highest BCUT2D eigenvalue weighted by atomic mass is 32.1. The van der Waals surface area contributed by atoms with Gasteiger partial charge in [-0.15, -0.1) is 0 Å². The first kappa shape index (κ1) is 53.0. The number of aromatic nitrogens is 2. The van der Waals surface area contributed by atoms with Crippen molar-refractivity contribution in [2.24, 2.45) is 0 Å². The number of anilines is 2.